The number of hydrogen-bond donors (Lipinski definition) is 3. The van der Waals surface area contributed by atoms with Crippen molar-refractivity contribution in [2.75, 3.05) is 40.9 Å². The number of likely N-dealkylation sites (tertiary alicyclic amines) is 1. The van der Waals surface area contributed by atoms with Gasteiger partial charge in [-0.2, -0.15) is 0 Å². The van der Waals surface area contributed by atoms with E-state index >= 15 is 0 Å². The lowest BCUT2D eigenvalue weighted by atomic mass is 9.89. The number of allylic oxidation sites excluding steroid dienone is 6. The summed E-state index contributed by atoms with van der Waals surface area (Å²) in [4.78, 5) is 58.4. The molecule has 8 atom stereocenters. The highest BCUT2D eigenvalue weighted by Gasteiger charge is 2.44. The molecule has 2 aliphatic heterocycles. The van der Waals surface area contributed by atoms with Gasteiger partial charge in [-0.15, -0.1) is 0 Å². The molecule has 3 N–H and O–H groups in total. The molecule has 1 unspecified atom stereocenters. The summed E-state index contributed by atoms with van der Waals surface area (Å²) >= 11 is 0. The van der Waals surface area contributed by atoms with Gasteiger partial charge in [-0.3, -0.25) is 19.2 Å². The summed E-state index contributed by atoms with van der Waals surface area (Å²) < 4.78 is 11.9. The van der Waals surface area contributed by atoms with Gasteiger partial charge in [0.2, 0.25) is 23.6 Å². The second kappa shape index (κ2) is 19.6. The van der Waals surface area contributed by atoms with E-state index in [1.807, 2.05) is 56.9 Å². The normalized spacial score (nSPS) is 24.4. The molecule has 0 aromatic carbocycles. The highest BCUT2D eigenvalue weighted by atomic mass is 16.5. The first-order chi connectivity index (χ1) is 23.8. The third-order valence-corrected chi connectivity index (χ3v) is 11.2. The van der Waals surface area contributed by atoms with Gasteiger partial charge in [-0.05, 0) is 63.3 Å². The first-order valence-electron chi connectivity index (χ1n) is 18.8. The van der Waals surface area contributed by atoms with Gasteiger partial charge >= 0.3 is 0 Å². The van der Waals surface area contributed by atoms with Crippen LogP contribution >= 0.6 is 0 Å². The van der Waals surface area contributed by atoms with Crippen LogP contribution in [0.1, 0.15) is 86.5 Å². The SMILES string of the molecule is CC[C@H](C)[C@@H](C(CC(=O)N1CCC[C@H]1[C@H](OC)[C@@H](C)C(=O)NCCC1C=CC=CC=C1)OC)N(C)C(=O)[C@@H](NC(=O)[C@]1(C)CCCN1)C(C)C. The number of nitrogens with zero attached hydrogens (tertiary/aromatic N) is 2. The molecule has 0 bridgehead atoms. The Morgan fingerprint density at radius 2 is 1.70 bits per heavy atom. The van der Waals surface area contributed by atoms with Gasteiger partial charge in [0.25, 0.3) is 0 Å². The number of ether oxygens (including phenoxy) is 2. The fourth-order valence-electron chi connectivity index (χ4n) is 7.75. The summed E-state index contributed by atoms with van der Waals surface area (Å²) in [5.41, 5.74) is -0.699. The maximum absolute atomic E-state index is 14.1. The van der Waals surface area contributed by atoms with Crippen LogP contribution in [-0.4, -0.2) is 110 Å². The van der Waals surface area contributed by atoms with Gasteiger partial charge in [-0.1, -0.05) is 77.5 Å². The van der Waals surface area contributed by atoms with Crippen molar-refractivity contribution in [1.29, 1.82) is 0 Å². The Hall–Kier alpha value is -3.02. The Morgan fingerprint density at radius 3 is 2.26 bits per heavy atom. The van der Waals surface area contributed by atoms with Crippen molar-refractivity contribution in [3.05, 3.63) is 36.5 Å². The quantitative estimate of drug-likeness (QED) is 0.197. The maximum atomic E-state index is 14.1. The molecule has 1 aliphatic carbocycles. The van der Waals surface area contributed by atoms with Gasteiger partial charge < -0.3 is 35.2 Å². The van der Waals surface area contributed by atoms with Gasteiger partial charge in [0.05, 0.1) is 42.2 Å². The van der Waals surface area contributed by atoms with Gasteiger partial charge in [0.1, 0.15) is 6.04 Å². The molecular weight excluding hydrogens is 634 g/mol. The van der Waals surface area contributed by atoms with Crippen LogP contribution in [0.4, 0.5) is 0 Å². The summed E-state index contributed by atoms with van der Waals surface area (Å²) in [6.07, 6.45) is 16.1. The standard InChI is InChI=1S/C39H65N5O6/c1-10-27(4)34(43(7)37(47)33(26(2)3)42-38(48)39(6)21-16-22-41-39)31(49-8)25-32(45)44-24-15-19-30(44)35(50-9)28(5)36(46)40-23-20-29-17-13-11-12-14-18-29/h11-14,17-18,26-31,33-35,41H,10,15-16,19-25H2,1-9H3,(H,40,46)(H,42,48)/t27-,28+,30-,31?,33-,34-,35+,39-/m0/s1. The van der Waals surface area contributed by atoms with E-state index < -0.39 is 35.7 Å². The van der Waals surface area contributed by atoms with Crippen LogP contribution < -0.4 is 16.0 Å². The minimum atomic E-state index is -0.721. The topological polar surface area (TPSA) is 129 Å². The van der Waals surface area contributed by atoms with E-state index in [9.17, 15) is 19.2 Å². The first-order valence-corrected chi connectivity index (χ1v) is 18.8. The van der Waals surface area contributed by atoms with E-state index in [0.717, 1.165) is 45.1 Å². The molecule has 282 valence electrons. The van der Waals surface area contributed by atoms with Crippen LogP contribution in [0.15, 0.2) is 36.5 Å². The predicted octanol–water partition coefficient (Wildman–Crippen LogP) is 3.99. The van der Waals surface area contributed by atoms with Crippen molar-refractivity contribution in [2.45, 2.75) is 122 Å². The van der Waals surface area contributed by atoms with E-state index in [-0.39, 0.29) is 53.8 Å². The lowest BCUT2D eigenvalue weighted by Gasteiger charge is -2.41. The molecular formula is C39H65N5O6. The number of methoxy groups -OCH3 is 2. The highest BCUT2D eigenvalue weighted by Crippen LogP contribution is 2.30. The van der Waals surface area contributed by atoms with E-state index in [1.165, 1.54) is 0 Å². The Labute approximate surface area is 301 Å². The summed E-state index contributed by atoms with van der Waals surface area (Å²) in [6, 6.07) is -1.38. The fraction of sp³-hybridized carbons (Fsp3) is 0.744. The Balaban J connectivity index is 1.70. The number of nitrogens with one attached hydrogen (secondary N) is 3. The van der Waals surface area contributed by atoms with Gasteiger partial charge in [0.15, 0.2) is 0 Å². The molecule has 0 radical (unpaired) electrons. The Kier molecular flexibility index (Phi) is 16.2. The largest absolute Gasteiger partial charge is 0.379 e. The van der Waals surface area contributed by atoms with E-state index in [0.29, 0.717) is 13.1 Å². The maximum Gasteiger partial charge on any atom is 0.245 e. The summed E-state index contributed by atoms with van der Waals surface area (Å²) in [6.45, 7) is 13.6. The molecule has 50 heavy (non-hydrogen) atoms. The lowest BCUT2D eigenvalue weighted by molar-refractivity contribution is -0.148. The van der Waals surface area contributed by atoms with Gasteiger partial charge in [-0.25, -0.2) is 0 Å². The molecule has 0 saturated carbocycles. The zero-order valence-electron chi connectivity index (χ0n) is 32.1. The highest BCUT2D eigenvalue weighted by molar-refractivity contribution is 5.92. The lowest BCUT2D eigenvalue weighted by Crippen LogP contribution is -2.61. The van der Waals surface area contributed by atoms with Crippen molar-refractivity contribution in [2.24, 2.45) is 23.7 Å². The molecule has 2 heterocycles. The summed E-state index contributed by atoms with van der Waals surface area (Å²) in [7, 11) is 4.95. The second-order valence-electron chi connectivity index (χ2n) is 15.0. The van der Waals surface area contributed by atoms with Crippen molar-refractivity contribution in [1.82, 2.24) is 25.8 Å². The van der Waals surface area contributed by atoms with E-state index in [1.54, 1.807) is 26.2 Å². The van der Waals surface area contributed by atoms with Gasteiger partial charge in [0, 0.05) is 34.4 Å². The van der Waals surface area contributed by atoms with Crippen LogP contribution in [0.25, 0.3) is 0 Å². The third-order valence-electron chi connectivity index (χ3n) is 11.2. The molecule has 0 aromatic rings. The zero-order chi connectivity index (χ0) is 37.0. The molecule has 11 heteroatoms. The Bertz CT molecular complexity index is 1210. The molecule has 3 aliphatic rings. The van der Waals surface area contributed by atoms with Crippen LogP contribution in [-0.2, 0) is 28.7 Å². The first kappa shape index (κ1) is 41.4. The number of carbonyl (C=O) groups is 4. The monoisotopic (exact) mass is 699 g/mol. The smallest absolute Gasteiger partial charge is 0.245 e. The van der Waals surface area contributed by atoms with Crippen LogP contribution in [0, 0.1) is 23.7 Å². The van der Waals surface area contributed by atoms with E-state index in [4.69, 9.17) is 9.47 Å². The molecule has 3 rings (SSSR count). The van der Waals surface area contributed by atoms with Crippen molar-refractivity contribution < 1.29 is 28.7 Å². The minimum absolute atomic E-state index is 0.0179. The van der Waals surface area contributed by atoms with Crippen molar-refractivity contribution >= 4 is 23.6 Å². The van der Waals surface area contributed by atoms with E-state index in [2.05, 4.69) is 41.9 Å². The summed E-state index contributed by atoms with van der Waals surface area (Å²) in [5.74, 6) is -0.866. The molecule has 2 saturated heterocycles. The number of hydrogen-bond acceptors (Lipinski definition) is 7. The van der Waals surface area contributed by atoms with Crippen molar-refractivity contribution in [3.8, 4) is 0 Å². The van der Waals surface area contributed by atoms with Crippen LogP contribution in [0.5, 0.6) is 0 Å². The molecule has 0 aromatic heterocycles. The average Bonchev–Trinajstić information content (AvgIpc) is 3.69. The molecule has 4 amide bonds. The summed E-state index contributed by atoms with van der Waals surface area (Å²) in [5, 5.41) is 9.41. The average molecular weight is 700 g/mol. The van der Waals surface area contributed by atoms with Crippen molar-refractivity contribution in [3.63, 3.8) is 0 Å². The number of carbonyl (C=O) groups excluding carboxylic acids is 4. The van der Waals surface area contributed by atoms with Crippen LogP contribution in [0.2, 0.25) is 0 Å². The number of likely N-dealkylation sites (N-methyl/N-ethyl adjacent to an activating group) is 1. The zero-order valence-corrected chi connectivity index (χ0v) is 32.1. The predicted molar refractivity (Wildman–Crippen MR) is 197 cm³/mol. The Morgan fingerprint density at radius 1 is 1.02 bits per heavy atom. The minimum Gasteiger partial charge on any atom is -0.379 e. The van der Waals surface area contributed by atoms with Crippen LogP contribution in [0.3, 0.4) is 0 Å². The molecule has 2 fully saturated rings. The number of amides is 4. The molecule has 0 spiro atoms. The fourth-order valence-corrected chi connectivity index (χ4v) is 7.75. The third kappa shape index (κ3) is 10.5. The number of rotatable bonds is 18. The second-order valence-corrected chi connectivity index (χ2v) is 15.0. The molecule has 11 nitrogen and oxygen atoms in total.